The standard InChI is InChI=1S/C9H18N2O3/c1-8(2)5-6(10-7(12)13)9(3,4)11(8)14/h6,10,14H,5H2,1-4H3,(H,12,13). The topological polar surface area (TPSA) is 72.8 Å². The summed E-state index contributed by atoms with van der Waals surface area (Å²) in [5.41, 5.74) is -0.960. The zero-order valence-electron chi connectivity index (χ0n) is 9.03. The molecule has 82 valence electrons. The second-order valence-corrected chi connectivity index (χ2v) is 4.98. The van der Waals surface area contributed by atoms with E-state index < -0.39 is 17.2 Å². The minimum absolute atomic E-state index is 0.250. The van der Waals surface area contributed by atoms with Gasteiger partial charge in [0, 0.05) is 5.54 Å². The number of nitrogens with zero attached hydrogens (tertiary/aromatic N) is 1. The number of hydrogen-bond donors (Lipinski definition) is 3. The molecule has 0 aromatic carbocycles. The summed E-state index contributed by atoms with van der Waals surface area (Å²) in [4.78, 5) is 10.5. The highest BCUT2D eigenvalue weighted by molar-refractivity contribution is 5.65. The van der Waals surface area contributed by atoms with Crippen molar-refractivity contribution in [2.24, 2.45) is 0 Å². The molecule has 0 radical (unpaired) electrons. The normalized spacial score (nSPS) is 30.2. The molecule has 0 saturated carbocycles. The first-order valence-electron chi connectivity index (χ1n) is 4.66. The molecule has 1 fully saturated rings. The first-order valence-corrected chi connectivity index (χ1v) is 4.66. The lowest BCUT2D eigenvalue weighted by Crippen LogP contribution is -2.52. The second-order valence-electron chi connectivity index (χ2n) is 4.98. The molecule has 1 unspecified atom stereocenters. The summed E-state index contributed by atoms with van der Waals surface area (Å²) in [6.07, 6.45) is -0.447. The predicted molar refractivity (Wildman–Crippen MR) is 51.3 cm³/mol. The molecule has 1 aliphatic rings. The summed E-state index contributed by atoms with van der Waals surface area (Å²) in [6, 6.07) is -0.250. The van der Waals surface area contributed by atoms with Crippen LogP contribution in [0.5, 0.6) is 0 Å². The quantitative estimate of drug-likeness (QED) is 0.598. The summed E-state index contributed by atoms with van der Waals surface area (Å²) in [5, 5.41) is 22.2. The summed E-state index contributed by atoms with van der Waals surface area (Å²) < 4.78 is 0. The first-order chi connectivity index (χ1) is 6.18. The Morgan fingerprint density at radius 1 is 1.43 bits per heavy atom. The van der Waals surface area contributed by atoms with Gasteiger partial charge in [0.25, 0.3) is 0 Å². The van der Waals surface area contributed by atoms with E-state index in [9.17, 15) is 10.0 Å². The average molecular weight is 202 g/mol. The molecular formula is C9H18N2O3. The molecule has 1 amide bonds. The Balaban J connectivity index is 2.85. The van der Waals surface area contributed by atoms with E-state index in [1.54, 1.807) is 0 Å². The minimum atomic E-state index is -1.05. The fourth-order valence-electron chi connectivity index (χ4n) is 2.14. The van der Waals surface area contributed by atoms with Crippen molar-refractivity contribution in [3.05, 3.63) is 0 Å². The van der Waals surface area contributed by atoms with Crippen LogP contribution in [0.15, 0.2) is 0 Å². The summed E-state index contributed by atoms with van der Waals surface area (Å²) in [7, 11) is 0. The fraction of sp³-hybridized carbons (Fsp3) is 0.889. The van der Waals surface area contributed by atoms with Gasteiger partial charge in [-0.2, -0.15) is 5.06 Å². The molecule has 0 bridgehead atoms. The van der Waals surface area contributed by atoms with Crippen molar-refractivity contribution < 1.29 is 15.1 Å². The molecule has 0 aliphatic carbocycles. The third kappa shape index (κ3) is 1.69. The number of hydrogen-bond acceptors (Lipinski definition) is 3. The van der Waals surface area contributed by atoms with Crippen LogP contribution in [0.3, 0.4) is 0 Å². The number of carbonyl (C=O) groups is 1. The van der Waals surface area contributed by atoms with Gasteiger partial charge in [-0.25, -0.2) is 4.79 Å². The molecule has 0 spiro atoms. The van der Waals surface area contributed by atoms with Crippen LogP contribution in [-0.2, 0) is 0 Å². The van der Waals surface area contributed by atoms with E-state index in [0.717, 1.165) is 0 Å². The summed E-state index contributed by atoms with van der Waals surface area (Å²) in [6.45, 7) is 7.42. The number of carboxylic acid groups (broad SMARTS) is 1. The lowest BCUT2D eigenvalue weighted by Gasteiger charge is -2.35. The summed E-state index contributed by atoms with van der Waals surface area (Å²) in [5.74, 6) is 0. The van der Waals surface area contributed by atoms with Gasteiger partial charge < -0.3 is 15.6 Å². The number of hydroxylamine groups is 2. The third-order valence-electron chi connectivity index (χ3n) is 2.97. The molecule has 0 aromatic rings. The number of rotatable bonds is 1. The van der Waals surface area contributed by atoms with E-state index in [0.29, 0.717) is 6.42 Å². The van der Waals surface area contributed by atoms with E-state index in [4.69, 9.17) is 5.11 Å². The van der Waals surface area contributed by atoms with Crippen LogP contribution in [0.4, 0.5) is 4.79 Å². The van der Waals surface area contributed by atoms with Crippen molar-refractivity contribution in [1.29, 1.82) is 0 Å². The maximum atomic E-state index is 10.5. The molecule has 1 rings (SSSR count). The minimum Gasteiger partial charge on any atom is -0.465 e. The van der Waals surface area contributed by atoms with Gasteiger partial charge in [-0.15, -0.1) is 0 Å². The molecule has 0 aromatic heterocycles. The predicted octanol–water partition coefficient (Wildman–Crippen LogP) is 1.27. The van der Waals surface area contributed by atoms with Crippen LogP contribution < -0.4 is 5.32 Å². The molecule has 1 aliphatic heterocycles. The van der Waals surface area contributed by atoms with Crippen LogP contribution in [0.2, 0.25) is 0 Å². The Bertz CT molecular complexity index is 250. The Labute approximate surface area is 83.7 Å². The van der Waals surface area contributed by atoms with E-state index in [2.05, 4.69) is 5.32 Å². The van der Waals surface area contributed by atoms with Gasteiger partial charge in [0.05, 0.1) is 11.6 Å². The lowest BCUT2D eigenvalue weighted by molar-refractivity contribution is -0.193. The Kier molecular flexibility index (Phi) is 2.49. The van der Waals surface area contributed by atoms with E-state index in [-0.39, 0.29) is 6.04 Å². The van der Waals surface area contributed by atoms with Gasteiger partial charge >= 0.3 is 6.09 Å². The van der Waals surface area contributed by atoms with Gasteiger partial charge in [0.15, 0.2) is 0 Å². The highest BCUT2D eigenvalue weighted by atomic mass is 16.5. The zero-order valence-corrected chi connectivity index (χ0v) is 9.03. The smallest absolute Gasteiger partial charge is 0.404 e. The molecule has 3 N–H and O–H groups in total. The highest BCUT2D eigenvalue weighted by Gasteiger charge is 2.51. The fourth-order valence-corrected chi connectivity index (χ4v) is 2.14. The summed E-state index contributed by atoms with van der Waals surface area (Å²) >= 11 is 0. The van der Waals surface area contributed by atoms with E-state index >= 15 is 0 Å². The highest BCUT2D eigenvalue weighted by Crippen LogP contribution is 2.38. The number of amides is 1. The van der Waals surface area contributed by atoms with Crippen molar-refractivity contribution in [3.63, 3.8) is 0 Å². The third-order valence-corrected chi connectivity index (χ3v) is 2.97. The van der Waals surface area contributed by atoms with Crippen LogP contribution in [0.1, 0.15) is 34.1 Å². The Hall–Kier alpha value is -0.810. The largest absolute Gasteiger partial charge is 0.465 e. The maximum Gasteiger partial charge on any atom is 0.404 e. The first kappa shape index (κ1) is 11.3. The van der Waals surface area contributed by atoms with Gasteiger partial charge in [0.2, 0.25) is 0 Å². The van der Waals surface area contributed by atoms with Crippen molar-refractivity contribution in [3.8, 4) is 0 Å². The van der Waals surface area contributed by atoms with Gasteiger partial charge in [-0.3, -0.25) is 0 Å². The molecule has 5 heteroatoms. The van der Waals surface area contributed by atoms with Gasteiger partial charge in [0.1, 0.15) is 0 Å². The van der Waals surface area contributed by atoms with Crippen LogP contribution in [0.25, 0.3) is 0 Å². The Morgan fingerprint density at radius 2 is 1.93 bits per heavy atom. The second kappa shape index (κ2) is 3.10. The van der Waals surface area contributed by atoms with Crippen molar-refractivity contribution in [1.82, 2.24) is 10.4 Å². The van der Waals surface area contributed by atoms with E-state index in [1.807, 2.05) is 27.7 Å². The van der Waals surface area contributed by atoms with E-state index in [1.165, 1.54) is 5.06 Å². The lowest BCUT2D eigenvalue weighted by atomic mass is 9.94. The monoisotopic (exact) mass is 202 g/mol. The maximum absolute atomic E-state index is 10.5. The molecule has 1 saturated heterocycles. The molecular weight excluding hydrogens is 184 g/mol. The molecule has 14 heavy (non-hydrogen) atoms. The molecule has 1 heterocycles. The molecule has 1 atom stereocenters. The van der Waals surface area contributed by atoms with Crippen molar-refractivity contribution in [2.75, 3.05) is 0 Å². The average Bonchev–Trinajstić information content (AvgIpc) is 2.12. The van der Waals surface area contributed by atoms with Crippen molar-refractivity contribution in [2.45, 2.75) is 51.2 Å². The van der Waals surface area contributed by atoms with Gasteiger partial charge in [-0.1, -0.05) is 0 Å². The van der Waals surface area contributed by atoms with Crippen LogP contribution in [-0.4, -0.2) is 38.6 Å². The SMILES string of the molecule is CC1(C)CC(NC(=O)O)C(C)(C)N1O. The molecule has 5 nitrogen and oxygen atoms in total. The van der Waals surface area contributed by atoms with Crippen LogP contribution >= 0.6 is 0 Å². The van der Waals surface area contributed by atoms with Gasteiger partial charge in [-0.05, 0) is 34.1 Å². The Morgan fingerprint density at radius 3 is 2.21 bits per heavy atom. The zero-order chi connectivity index (χ0) is 11.1. The van der Waals surface area contributed by atoms with Crippen LogP contribution in [0, 0.1) is 0 Å². The number of nitrogens with one attached hydrogen (secondary N) is 1. The van der Waals surface area contributed by atoms with Crippen molar-refractivity contribution >= 4 is 6.09 Å².